The van der Waals surface area contributed by atoms with Crippen LogP contribution in [0.15, 0.2) is 30.4 Å². The van der Waals surface area contributed by atoms with Gasteiger partial charge in [0.15, 0.2) is 11.5 Å². The summed E-state index contributed by atoms with van der Waals surface area (Å²) in [5, 5.41) is 2.88. The summed E-state index contributed by atoms with van der Waals surface area (Å²) in [6, 6.07) is 5.43. The molecule has 0 aliphatic carbocycles. The van der Waals surface area contributed by atoms with Crippen LogP contribution < -0.4 is 14.8 Å². The predicted octanol–water partition coefficient (Wildman–Crippen LogP) is 2.29. The quantitative estimate of drug-likeness (QED) is 0.817. The Balaban J connectivity index is 1.94. The lowest BCUT2D eigenvalue weighted by molar-refractivity contribution is -0.117. The summed E-state index contributed by atoms with van der Waals surface area (Å²) in [7, 11) is 0. The summed E-state index contributed by atoms with van der Waals surface area (Å²) in [5.74, 6) is 1.35. The molecule has 0 spiro atoms. The SMILES string of the molecule is C=C(C)CN(CC)CC(=O)Nc1ccc2c(c1)OCCO2. The molecule has 1 aromatic carbocycles. The van der Waals surface area contributed by atoms with E-state index in [2.05, 4.69) is 11.9 Å². The summed E-state index contributed by atoms with van der Waals surface area (Å²) < 4.78 is 11.0. The maximum absolute atomic E-state index is 12.1. The van der Waals surface area contributed by atoms with Crippen molar-refractivity contribution in [3.8, 4) is 11.5 Å². The molecule has 1 N–H and O–H groups in total. The molecule has 0 saturated carbocycles. The largest absolute Gasteiger partial charge is 0.486 e. The number of nitrogens with zero attached hydrogens (tertiary/aromatic N) is 1. The van der Waals surface area contributed by atoms with E-state index in [9.17, 15) is 4.79 Å². The molecular formula is C16H22N2O3. The van der Waals surface area contributed by atoms with E-state index >= 15 is 0 Å². The van der Waals surface area contributed by atoms with Crippen LogP contribution in [-0.4, -0.2) is 43.7 Å². The monoisotopic (exact) mass is 290 g/mol. The molecule has 21 heavy (non-hydrogen) atoms. The minimum absolute atomic E-state index is 0.0465. The van der Waals surface area contributed by atoms with E-state index in [1.165, 1.54) is 0 Å². The number of rotatable bonds is 6. The van der Waals surface area contributed by atoms with Crippen LogP contribution in [0.2, 0.25) is 0 Å². The van der Waals surface area contributed by atoms with Crippen molar-refractivity contribution >= 4 is 11.6 Å². The Labute approximate surface area is 125 Å². The second kappa shape index (κ2) is 7.13. The molecule has 5 heteroatoms. The van der Waals surface area contributed by atoms with Gasteiger partial charge < -0.3 is 14.8 Å². The van der Waals surface area contributed by atoms with Crippen LogP contribution in [-0.2, 0) is 4.79 Å². The summed E-state index contributed by atoms with van der Waals surface area (Å²) in [6.07, 6.45) is 0. The van der Waals surface area contributed by atoms with E-state index in [-0.39, 0.29) is 5.91 Å². The van der Waals surface area contributed by atoms with Gasteiger partial charge in [-0.3, -0.25) is 9.69 Å². The third-order valence-electron chi connectivity index (χ3n) is 3.13. The van der Waals surface area contributed by atoms with Gasteiger partial charge in [0.25, 0.3) is 0 Å². The van der Waals surface area contributed by atoms with Gasteiger partial charge in [-0.15, -0.1) is 0 Å². The van der Waals surface area contributed by atoms with Crippen LogP contribution in [0.25, 0.3) is 0 Å². The Morgan fingerprint density at radius 2 is 2.00 bits per heavy atom. The number of ether oxygens (including phenoxy) is 2. The third kappa shape index (κ3) is 4.49. The number of likely N-dealkylation sites (N-methyl/N-ethyl adjacent to an activating group) is 1. The minimum Gasteiger partial charge on any atom is -0.486 e. The number of hydrogen-bond acceptors (Lipinski definition) is 4. The van der Waals surface area contributed by atoms with Crippen LogP contribution in [0, 0.1) is 0 Å². The number of benzene rings is 1. The number of nitrogens with one attached hydrogen (secondary N) is 1. The lowest BCUT2D eigenvalue weighted by Crippen LogP contribution is -2.34. The predicted molar refractivity (Wildman–Crippen MR) is 83.0 cm³/mol. The number of hydrogen-bond donors (Lipinski definition) is 1. The Bertz CT molecular complexity index is 528. The molecule has 0 fully saturated rings. The molecular weight excluding hydrogens is 268 g/mol. The smallest absolute Gasteiger partial charge is 0.238 e. The van der Waals surface area contributed by atoms with E-state index in [1.54, 1.807) is 6.07 Å². The van der Waals surface area contributed by atoms with Crippen molar-refractivity contribution in [2.24, 2.45) is 0 Å². The average molecular weight is 290 g/mol. The first kappa shape index (κ1) is 15.4. The highest BCUT2D eigenvalue weighted by Crippen LogP contribution is 2.32. The van der Waals surface area contributed by atoms with Gasteiger partial charge in [-0.1, -0.05) is 19.1 Å². The molecule has 2 rings (SSSR count). The molecule has 1 heterocycles. The van der Waals surface area contributed by atoms with Crippen molar-refractivity contribution in [2.75, 3.05) is 38.2 Å². The second-order valence-corrected chi connectivity index (χ2v) is 5.17. The van der Waals surface area contributed by atoms with E-state index in [1.807, 2.05) is 30.9 Å². The van der Waals surface area contributed by atoms with Gasteiger partial charge in [0, 0.05) is 18.3 Å². The maximum Gasteiger partial charge on any atom is 0.238 e. The van der Waals surface area contributed by atoms with Gasteiger partial charge in [0.05, 0.1) is 6.54 Å². The van der Waals surface area contributed by atoms with E-state index in [4.69, 9.17) is 9.47 Å². The van der Waals surface area contributed by atoms with Gasteiger partial charge in [-0.05, 0) is 25.6 Å². The zero-order chi connectivity index (χ0) is 15.2. The highest BCUT2D eigenvalue weighted by Gasteiger charge is 2.14. The standard InChI is InChI=1S/C16H22N2O3/c1-4-18(10-12(2)3)11-16(19)17-13-5-6-14-15(9-13)21-8-7-20-14/h5-6,9H,2,4,7-8,10-11H2,1,3H3,(H,17,19). The van der Waals surface area contributed by atoms with Crippen LogP contribution in [0.5, 0.6) is 11.5 Å². The summed E-state index contributed by atoms with van der Waals surface area (Å²) >= 11 is 0. The van der Waals surface area contributed by atoms with E-state index < -0.39 is 0 Å². The fourth-order valence-corrected chi connectivity index (χ4v) is 2.19. The fraction of sp³-hybridized carbons (Fsp3) is 0.438. The van der Waals surface area contributed by atoms with Crippen LogP contribution in [0.1, 0.15) is 13.8 Å². The van der Waals surface area contributed by atoms with Gasteiger partial charge >= 0.3 is 0 Å². The zero-order valence-corrected chi connectivity index (χ0v) is 12.6. The van der Waals surface area contributed by atoms with Crippen LogP contribution in [0.4, 0.5) is 5.69 Å². The average Bonchev–Trinajstić information content (AvgIpc) is 2.45. The molecule has 0 unspecified atom stereocenters. The number of anilines is 1. The number of fused-ring (bicyclic) bond motifs is 1. The number of carbonyl (C=O) groups excluding carboxylic acids is 1. The molecule has 1 aromatic rings. The van der Waals surface area contributed by atoms with Gasteiger partial charge in [0.1, 0.15) is 13.2 Å². The Morgan fingerprint density at radius 3 is 2.67 bits per heavy atom. The van der Waals surface area contributed by atoms with Crippen molar-refractivity contribution in [3.63, 3.8) is 0 Å². The lowest BCUT2D eigenvalue weighted by atomic mass is 10.2. The molecule has 1 aliphatic heterocycles. The van der Waals surface area contributed by atoms with Crippen molar-refractivity contribution in [2.45, 2.75) is 13.8 Å². The van der Waals surface area contributed by atoms with E-state index in [0.29, 0.717) is 25.5 Å². The van der Waals surface area contributed by atoms with Gasteiger partial charge in [-0.2, -0.15) is 0 Å². The van der Waals surface area contributed by atoms with Crippen molar-refractivity contribution in [1.29, 1.82) is 0 Å². The molecule has 0 saturated heterocycles. The molecule has 1 amide bonds. The molecule has 5 nitrogen and oxygen atoms in total. The lowest BCUT2D eigenvalue weighted by Gasteiger charge is -2.21. The fourth-order valence-electron chi connectivity index (χ4n) is 2.19. The van der Waals surface area contributed by atoms with Crippen LogP contribution in [0.3, 0.4) is 0 Å². The highest BCUT2D eigenvalue weighted by atomic mass is 16.6. The highest BCUT2D eigenvalue weighted by molar-refractivity contribution is 5.92. The first-order valence-corrected chi connectivity index (χ1v) is 7.14. The molecule has 0 atom stereocenters. The van der Waals surface area contributed by atoms with Crippen molar-refractivity contribution < 1.29 is 14.3 Å². The summed E-state index contributed by atoms with van der Waals surface area (Å²) in [6.45, 7) is 10.8. The molecule has 0 radical (unpaired) electrons. The topological polar surface area (TPSA) is 50.8 Å². The Hall–Kier alpha value is -2.01. The zero-order valence-electron chi connectivity index (χ0n) is 12.6. The van der Waals surface area contributed by atoms with E-state index in [0.717, 1.165) is 30.1 Å². The van der Waals surface area contributed by atoms with Gasteiger partial charge in [0.2, 0.25) is 5.91 Å². The normalized spacial score (nSPS) is 13.1. The number of amides is 1. The number of carbonyl (C=O) groups is 1. The summed E-state index contributed by atoms with van der Waals surface area (Å²) in [4.78, 5) is 14.1. The first-order valence-electron chi connectivity index (χ1n) is 7.14. The maximum atomic E-state index is 12.1. The van der Waals surface area contributed by atoms with Crippen LogP contribution >= 0.6 is 0 Å². The van der Waals surface area contributed by atoms with Gasteiger partial charge in [-0.25, -0.2) is 0 Å². The summed E-state index contributed by atoms with van der Waals surface area (Å²) in [5.41, 5.74) is 1.76. The molecule has 0 aromatic heterocycles. The van der Waals surface area contributed by atoms with Crippen molar-refractivity contribution in [3.05, 3.63) is 30.4 Å². The molecule has 1 aliphatic rings. The Kier molecular flexibility index (Phi) is 5.22. The van der Waals surface area contributed by atoms with Crippen molar-refractivity contribution in [1.82, 2.24) is 4.90 Å². The second-order valence-electron chi connectivity index (χ2n) is 5.17. The third-order valence-corrected chi connectivity index (χ3v) is 3.13. The minimum atomic E-state index is -0.0465. The molecule has 0 bridgehead atoms. The first-order chi connectivity index (χ1) is 10.1. The Morgan fingerprint density at radius 1 is 1.29 bits per heavy atom. The molecule has 114 valence electrons.